The van der Waals surface area contributed by atoms with Crippen LogP contribution in [0.15, 0.2) is 65.3 Å². The van der Waals surface area contributed by atoms with E-state index >= 15 is 0 Å². The number of esters is 1. The van der Waals surface area contributed by atoms with E-state index in [-0.39, 0.29) is 24.4 Å². The van der Waals surface area contributed by atoms with E-state index in [4.69, 9.17) is 13.9 Å². The predicted molar refractivity (Wildman–Crippen MR) is 123 cm³/mol. The van der Waals surface area contributed by atoms with E-state index in [0.717, 1.165) is 4.90 Å². The Labute approximate surface area is 205 Å². The van der Waals surface area contributed by atoms with Gasteiger partial charge in [0.05, 0.1) is 37.6 Å². The van der Waals surface area contributed by atoms with Crippen molar-refractivity contribution in [2.75, 3.05) is 13.7 Å². The second kappa shape index (κ2) is 10.6. The average Bonchev–Trinajstić information content (AvgIpc) is 3.49. The quantitative estimate of drug-likeness (QED) is 0.361. The number of methoxy groups -OCH3 is 1. The maximum absolute atomic E-state index is 12.6. The summed E-state index contributed by atoms with van der Waals surface area (Å²) in [5.41, 5.74) is 1.09. The molecule has 0 bridgehead atoms. The fourth-order valence-corrected chi connectivity index (χ4v) is 3.57. The lowest BCUT2D eigenvalue weighted by atomic mass is 10.1. The van der Waals surface area contributed by atoms with Crippen LogP contribution in [0, 0.1) is 0 Å². The predicted octanol–water partition coefficient (Wildman–Crippen LogP) is 2.27. The lowest BCUT2D eigenvalue weighted by Crippen LogP contribution is -2.41. The highest BCUT2D eigenvalue weighted by Gasteiger charge is 2.35. The minimum atomic E-state index is -0.887. The van der Waals surface area contributed by atoms with Crippen molar-refractivity contribution in [3.05, 3.63) is 88.9 Å². The molecule has 11 heteroatoms. The largest absolute Gasteiger partial charge is 0.496 e. The number of nitrogens with zero attached hydrogens (tertiary/aromatic N) is 1. The standard InChI is InChI=1S/C25H21N3O8/c1-34-20-9-8-15(13-28-22(30)17-6-2-3-7-18(17)23(28)31)11-19(20)24(32)36-14-21(29)27-25(33)26-12-16-5-4-10-35-16/h2-11H,12-14H2,1H3,(H2,26,27,29,33). The number of urea groups is 1. The Morgan fingerprint density at radius 1 is 0.972 bits per heavy atom. The summed E-state index contributed by atoms with van der Waals surface area (Å²) >= 11 is 0. The Bertz CT molecular complexity index is 1300. The molecule has 0 atom stereocenters. The van der Waals surface area contributed by atoms with Crippen LogP contribution in [0.3, 0.4) is 0 Å². The fourth-order valence-electron chi connectivity index (χ4n) is 3.57. The van der Waals surface area contributed by atoms with Gasteiger partial charge < -0.3 is 19.2 Å². The highest BCUT2D eigenvalue weighted by molar-refractivity contribution is 6.21. The number of hydrogen-bond acceptors (Lipinski definition) is 8. The molecule has 0 saturated carbocycles. The van der Waals surface area contributed by atoms with Crippen molar-refractivity contribution < 1.29 is 37.9 Å². The van der Waals surface area contributed by atoms with Crippen molar-refractivity contribution in [3.8, 4) is 5.75 Å². The molecule has 2 aromatic carbocycles. The van der Waals surface area contributed by atoms with Crippen LogP contribution < -0.4 is 15.4 Å². The minimum absolute atomic E-state index is 0.0123. The van der Waals surface area contributed by atoms with E-state index in [2.05, 4.69) is 5.32 Å². The minimum Gasteiger partial charge on any atom is -0.496 e. The maximum Gasteiger partial charge on any atom is 0.342 e. The number of nitrogens with one attached hydrogen (secondary N) is 2. The van der Waals surface area contributed by atoms with E-state index in [0.29, 0.717) is 22.5 Å². The van der Waals surface area contributed by atoms with Crippen molar-refractivity contribution in [2.45, 2.75) is 13.1 Å². The maximum atomic E-state index is 12.6. The van der Waals surface area contributed by atoms with E-state index in [1.54, 1.807) is 42.5 Å². The molecule has 0 spiro atoms. The molecule has 2 N–H and O–H groups in total. The fraction of sp³-hybridized carbons (Fsp3) is 0.160. The number of furan rings is 1. The van der Waals surface area contributed by atoms with E-state index < -0.39 is 36.3 Å². The van der Waals surface area contributed by atoms with Gasteiger partial charge in [-0.2, -0.15) is 0 Å². The summed E-state index contributed by atoms with van der Waals surface area (Å²) in [4.78, 5) is 62.8. The molecule has 36 heavy (non-hydrogen) atoms. The van der Waals surface area contributed by atoms with Gasteiger partial charge in [-0.1, -0.05) is 18.2 Å². The van der Waals surface area contributed by atoms with Gasteiger partial charge in [-0.3, -0.25) is 24.6 Å². The third kappa shape index (κ3) is 5.25. The van der Waals surface area contributed by atoms with Crippen molar-refractivity contribution in [1.82, 2.24) is 15.5 Å². The van der Waals surface area contributed by atoms with Gasteiger partial charge in [0.15, 0.2) is 6.61 Å². The summed E-state index contributed by atoms with van der Waals surface area (Å²) in [5.74, 6) is -1.93. The average molecular weight is 491 g/mol. The topological polar surface area (TPSA) is 144 Å². The summed E-state index contributed by atoms with van der Waals surface area (Å²) < 4.78 is 15.3. The summed E-state index contributed by atoms with van der Waals surface area (Å²) in [6.45, 7) is -0.727. The Morgan fingerprint density at radius 2 is 1.69 bits per heavy atom. The molecule has 0 saturated heterocycles. The molecule has 2 heterocycles. The van der Waals surface area contributed by atoms with E-state index in [1.165, 1.54) is 25.5 Å². The van der Waals surface area contributed by atoms with E-state index in [1.807, 2.05) is 5.32 Å². The second-order valence-corrected chi connectivity index (χ2v) is 7.66. The zero-order chi connectivity index (χ0) is 25.7. The molecule has 0 fully saturated rings. The summed E-state index contributed by atoms with van der Waals surface area (Å²) in [7, 11) is 1.35. The molecule has 1 aliphatic heterocycles. The van der Waals surface area contributed by atoms with Crippen LogP contribution in [0.1, 0.15) is 42.4 Å². The van der Waals surface area contributed by atoms with Crippen LogP contribution in [-0.2, 0) is 22.6 Å². The van der Waals surface area contributed by atoms with Gasteiger partial charge in [-0.05, 0) is 42.0 Å². The van der Waals surface area contributed by atoms with Gasteiger partial charge in [0.2, 0.25) is 0 Å². The van der Waals surface area contributed by atoms with Gasteiger partial charge in [0.1, 0.15) is 17.1 Å². The summed E-state index contributed by atoms with van der Waals surface area (Å²) in [6, 6.07) is 13.5. The molecule has 3 aromatic rings. The molecule has 11 nitrogen and oxygen atoms in total. The van der Waals surface area contributed by atoms with Crippen molar-refractivity contribution in [2.24, 2.45) is 0 Å². The zero-order valence-electron chi connectivity index (χ0n) is 19.1. The third-order valence-electron chi connectivity index (χ3n) is 5.29. The first-order chi connectivity index (χ1) is 17.4. The van der Waals surface area contributed by atoms with Crippen LogP contribution in [-0.4, -0.2) is 48.3 Å². The Morgan fingerprint density at radius 3 is 2.33 bits per heavy atom. The third-order valence-corrected chi connectivity index (χ3v) is 5.29. The Balaban J connectivity index is 1.36. The molecular weight excluding hydrogens is 470 g/mol. The summed E-state index contributed by atoms with van der Waals surface area (Å²) in [6.07, 6.45) is 1.45. The number of amides is 5. The monoisotopic (exact) mass is 491 g/mol. The van der Waals surface area contributed by atoms with E-state index in [9.17, 15) is 24.0 Å². The molecule has 0 radical (unpaired) electrons. The van der Waals surface area contributed by atoms with Gasteiger partial charge in [-0.15, -0.1) is 0 Å². The molecule has 1 aliphatic rings. The van der Waals surface area contributed by atoms with Gasteiger partial charge in [0, 0.05) is 0 Å². The lowest BCUT2D eigenvalue weighted by molar-refractivity contribution is -0.123. The number of rotatable bonds is 8. The van der Waals surface area contributed by atoms with Crippen LogP contribution >= 0.6 is 0 Å². The van der Waals surface area contributed by atoms with Crippen molar-refractivity contribution >= 4 is 29.7 Å². The first kappa shape index (κ1) is 24.2. The van der Waals surface area contributed by atoms with Crippen molar-refractivity contribution in [1.29, 1.82) is 0 Å². The number of imide groups is 2. The van der Waals surface area contributed by atoms with Crippen LogP contribution in [0.5, 0.6) is 5.75 Å². The zero-order valence-corrected chi connectivity index (χ0v) is 19.1. The molecular formula is C25H21N3O8. The van der Waals surface area contributed by atoms with Crippen LogP contribution in [0.2, 0.25) is 0 Å². The van der Waals surface area contributed by atoms with Gasteiger partial charge >= 0.3 is 12.0 Å². The van der Waals surface area contributed by atoms with Gasteiger partial charge in [-0.25, -0.2) is 9.59 Å². The molecule has 5 amide bonds. The molecule has 0 aliphatic carbocycles. The smallest absolute Gasteiger partial charge is 0.342 e. The molecule has 184 valence electrons. The number of carbonyl (C=O) groups excluding carboxylic acids is 5. The number of benzene rings is 2. The molecule has 0 unspecified atom stereocenters. The van der Waals surface area contributed by atoms with Gasteiger partial charge in [0.25, 0.3) is 17.7 Å². The molecule has 4 rings (SSSR count). The Hall–Kier alpha value is -4.93. The normalized spacial score (nSPS) is 12.2. The first-order valence-electron chi connectivity index (χ1n) is 10.8. The first-order valence-corrected chi connectivity index (χ1v) is 10.8. The SMILES string of the molecule is COc1ccc(CN2C(=O)c3ccccc3C2=O)cc1C(=O)OCC(=O)NC(=O)NCc1ccco1. The Kier molecular flexibility index (Phi) is 7.10. The lowest BCUT2D eigenvalue weighted by Gasteiger charge is -2.16. The van der Waals surface area contributed by atoms with Crippen LogP contribution in [0.4, 0.5) is 4.79 Å². The second-order valence-electron chi connectivity index (χ2n) is 7.66. The summed E-state index contributed by atoms with van der Waals surface area (Å²) in [5, 5.41) is 4.46. The highest BCUT2D eigenvalue weighted by Crippen LogP contribution is 2.26. The number of hydrogen-bond donors (Lipinski definition) is 2. The number of carbonyl (C=O) groups is 5. The van der Waals surface area contributed by atoms with Crippen LogP contribution in [0.25, 0.3) is 0 Å². The molecule has 1 aromatic heterocycles. The highest BCUT2D eigenvalue weighted by atomic mass is 16.5. The number of fused-ring (bicyclic) bond motifs is 1. The van der Waals surface area contributed by atoms with Crippen molar-refractivity contribution in [3.63, 3.8) is 0 Å². The number of ether oxygens (including phenoxy) is 2.